The topological polar surface area (TPSA) is 54.9 Å². The Morgan fingerprint density at radius 3 is 2.86 bits per heavy atom. The lowest BCUT2D eigenvalue weighted by atomic mass is 10.2. The third-order valence-corrected chi connectivity index (χ3v) is 2.87. The number of carbonyl (C=O) groups is 1. The van der Waals surface area contributed by atoms with E-state index in [1.807, 2.05) is 6.92 Å². The minimum Gasteiger partial charge on any atom is -0.301 e. The number of unbranched alkanes of at least 4 members (excludes halogenated alkanes) is 1. The monoisotopic (exact) mass is 277 g/mol. The van der Waals surface area contributed by atoms with Crippen LogP contribution in [0, 0.1) is 6.92 Å². The van der Waals surface area contributed by atoms with E-state index in [1.165, 1.54) is 11.3 Å². The molecule has 0 saturated heterocycles. The van der Waals surface area contributed by atoms with Crippen molar-refractivity contribution in [2.24, 2.45) is 0 Å². The Labute approximate surface area is 95.2 Å². The lowest BCUT2D eigenvalue weighted by Gasteiger charge is -1.98. The second-order valence-corrected chi connectivity index (χ2v) is 4.80. The average Bonchev–Trinajstić information content (AvgIpc) is 2.52. The van der Waals surface area contributed by atoms with Crippen molar-refractivity contribution >= 4 is 38.3 Å². The third-order valence-electron chi connectivity index (χ3n) is 1.56. The molecule has 0 unspecified atom stereocenters. The maximum Gasteiger partial charge on any atom is 0.226 e. The van der Waals surface area contributed by atoms with Crippen molar-refractivity contribution in [3.05, 3.63) is 5.01 Å². The number of hydrogen-bond acceptors (Lipinski definition) is 4. The molecule has 0 aliphatic heterocycles. The van der Waals surface area contributed by atoms with Gasteiger partial charge in [-0.25, -0.2) is 0 Å². The van der Waals surface area contributed by atoms with Gasteiger partial charge in [0.2, 0.25) is 11.0 Å². The number of nitrogens with one attached hydrogen (secondary N) is 1. The van der Waals surface area contributed by atoms with Gasteiger partial charge in [0.05, 0.1) is 0 Å². The number of alkyl halides is 1. The van der Waals surface area contributed by atoms with Crippen molar-refractivity contribution in [1.82, 2.24) is 10.2 Å². The Hall–Kier alpha value is -0.490. The molecule has 0 radical (unpaired) electrons. The van der Waals surface area contributed by atoms with E-state index in [-0.39, 0.29) is 5.91 Å². The van der Waals surface area contributed by atoms with Crippen LogP contribution in [0.15, 0.2) is 0 Å². The lowest BCUT2D eigenvalue weighted by Crippen LogP contribution is -2.10. The van der Waals surface area contributed by atoms with Crippen LogP contribution in [0.2, 0.25) is 0 Å². The molecule has 0 aromatic carbocycles. The summed E-state index contributed by atoms with van der Waals surface area (Å²) in [6.07, 6.45) is 2.46. The summed E-state index contributed by atoms with van der Waals surface area (Å²) >= 11 is 4.71. The zero-order chi connectivity index (χ0) is 10.4. The van der Waals surface area contributed by atoms with Gasteiger partial charge in [0.15, 0.2) is 0 Å². The van der Waals surface area contributed by atoms with Crippen LogP contribution >= 0.6 is 27.3 Å². The van der Waals surface area contributed by atoms with Crippen LogP contribution in [-0.4, -0.2) is 21.4 Å². The highest BCUT2D eigenvalue weighted by Gasteiger charge is 2.05. The molecule has 0 atom stereocenters. The Bertz CT molecular complexity index is 303. The van der Waals surface area contributed by atoms with Crippen LogP contribution in [-0.2, 0) is 4.79 Å². The van der Waals surface area contributed by atoms with E-state index in [0.29, 0.717) is 11.6 Å². The van der Waals surface area contributed by atoms with Gasteiger partial charge in [0.1, 0.15) is 5.01 Å². The van der Waals surface area contributed by atoms with Crippen LogP contribution in [0.4, 0.5) is 5.13 Å². The van der Waals surface area contributed by atoms with Crippen molar-refractivity contribution in [2.45, 2.75) is 26.2 Å². The number of anilines is 1. The first-order chi connectivity index (χ1) is 6.72. The average molecular weight is 278 g/mol. The molecule has 6 heteroatoms. The Morgan fingerprint density at radius 2 is 2.29 bits per heavy atom. The van der Waals surface area contributed by atoms with E-state index in [1.54, 1.807) is 0 Å². The van der Waals surface area contributed by atoms with E-state index in [0.717, 1.165) is 23.2 Å². The van der Waals surface area contributed by atoms with Crippen molar-refractivity contribution < 1.29 is 4.79 Å². The fourth-order valence-electron chi connectivity index (χ4n) is 0.909. The summed E-state index contributed by atoms with van der Waals surface area (Å²) in [4.78, 5) is 11.3. The first-order valence-corrected chi connectivity index (χ1v) is 6.32. The largest absolute Gasteiger partial charge is 0.301 e. The molecule has 0 saturated carbocycles. The summed E-state index contributed by atoms with van der Waals surface area (Å²) in [6.45, 7) is 1.86. The quantitative estimate of drug-likeness (QED) is 0.664. The van der Waals surface area contributed by atoms with E-state index >= 15 is 0 Å². The number of hydrogen-bond donors (Lipinski definition) is 1. The molecule has 1 N–H and O–H groups in total. The number of aryl methyl sites for hydroxylation is 1. The predicted octanol–water partition coefficient (Wildman–Crippen LogP) is 2.35. The minimum atomic E-state index is 0.0158. The zero-order valence-corrected chi connectivity index (χ0v) is 10.3. The molecule has 1 aromatic rings. The van der Waals surface area contributed by atoms with Crippen molar-refractivity contribution in [1.29, 1.82) is 0 Å². The van der Waals surface area contributed by atoms with Gasteiger partial charge in [-0.2, -0.15) is 0 Å². The molecule has 1 heterocycles. The number of rotatable bonds is 5. The van der Waals surface area contributed by atoms with Crippen LogP contribution in [0.1, 0.15) is 24.3 Å². The standard InChI is InChI=1S/C8H12BrN3OS/c1-6-11-12-8(14-6)10-7(13)4-2-3-5-9/h2-5H2,1H3,(H,10,12,13). The molecular formula is C8H12BrN3OS. The van der Waals surface area contributed by atoms with E-state index in [9.17, 15) is 4.79 Å². The highest BCUT2D eigenvalue weighted by atomic mass is 79.9. The summed E-state index contributed by atoms with van der Waals surface area (Å²) < 4.78 is 0. The van der Waals surface area contributed by atoms with Gasteiger partial charge < -0.3 is 5.32 Å². The second kappa shape index (κ2) is 6.08. The van der Waals surface area contributed by atoms with Crippen molar-refractivity contribution in [3.8, 4) is 0 Å². The van der Waals surface area contributed by atoms with Crippen molar-refractivity contribution in [3.63, 3.8) is 0 Å². The number of halogens is 1. The van der Waals surface area contributed by atoms with Gasteiger partial charge >= 0.3 is 0 Å². The van der Waals surface area contributed by atoms with E-state index in [2.05, 4.69) is 31.4 Å². The number of carbonyl (C=O) groups excluding carboxylic acids is 1. The molecule has 0 aliphatic carbocycles. The van der Waals surface area contributed by atoms with Crippen LogP contribution < -0.4 is 5.32 Å². The summed E-state index contributed by atoms with van der Waals surface area (Å²) in [5.74, 6) is 0.0158. The molecule has 0 spiro atoms. The summed E-state index contributed by atoms with van der Waals surface area (Å²) in [5.41, 5.74) is 0. The molecule has 1 aromatic heterocycles. The molecular weight excluding hydrogens is 266 g/mol. The van der Waals surface area contributed by atoms with Gasteiger partial charge in [-0.15, -0.1) is 10.2 Å². The molecule has 78 valence electrons. The lowest BCUT2D eigenvalue weighted by molar-refractivity contribution is -0.116. The van der Waals surface area contributed by atoms with Gasteiger partial charge in [0, 0.05) is 11.8 Å². The second-order valence-electron chi connectivity index (χ2n) is 2.82. The Kier molecular flexibility index (Phi) is 5.03. The number of nitrogens with zero attached hydrogens (tertiary/aromatic N) is 2. The van der Waals surface area contributed by atoms with Gasteiger partial charge in [-0.3, -0.25) is 4.79 Å². The molecule has 0 fully saturated rings. The van der Waals surface area contributed by atoms with E-state index in [4.69, 9.17) is 0 Å². The Balaban J connectivity index is 2.27. The third kappa shape index (κ3) is 4.15. The number of amides is 1. The maximum absolute atomic E-state index is 11.3. The highest BCUT2D eigenvalue weighted by molar-refractivity contribution is 9.09. The summed E-state index contributed by atoms with van der Waals surface area (Å²) in [6, 6.07) is 0. The fourth-order valence-corrected chi connectivity index (χ4v) is 1.91. The highest BCUT2D eigenvalue weighted by Crippen LogP contribution is 2.14. The Morgan fingerprint density at radius 1 is 1.50 bits per heavy atom. The van der Waals surface area contributed by atoms with Crippen LogP contribution in [0.3, 0.4) is 0 Å². The van der Waals surface area contributed by atoms with E-state index < -0.39 is 0 Å². The maximum atomic E-state index is 11.3. The normalized spacial score (nSPS) is 10.1. The van der Waals surface area contributed by atoms with Crippen LogP contribution in [0.5, 0.6) is 0 Å². The molecule has 1 amide bonds. The van der Waals surface area contributed by atoms with Crippen molar-refractivity contribution in [2.75, 3.05) is 10.6 Å². The summed E-state index contributed by atoms with van der Waals surface area (Å²) in [7, 11) is 0. The smallest absolute Gasteiger partial charge is 0.226 e. The molecule has 0 aliphatic rings. The molecule has 14 heavy (non-hydrogen) atoms. The molecule has 4 nitrogen and oxygen atoms in total. The van der Waals surface area contributed by atoms with Crippen LogP contribution in [0.25, 0.3) is 0 Å². The first kappa shape index (κ1) is 11.6. The van der Waals surface area contributed by atoms with Gasteiger partial charge in [-0.1, -0.05) is 27.3 Å². The molecule has 1 rings (SSSR count). The fraction of sp³-hybridized carbons (Fsp3) is 0.625. The minimum absolute atomic E-state index is 0.0158. The summed E-state index contributed by atoms with van der Waals surface area (Å²) in [5, 5.41) is 12.7. The predicted molar refractivity (Wildman–Crippen MR) is 60.9 cm³/mol. The SMILES string of the molecule is Cc1nnc(NC(=O)CCCCBr)s1. The first-order valence-electron chi connectivity index (χ1n) is 4.38. The number of aromatic nitrogens is 2. The zero-order valence-electron chi connectivity index (χ0n) is 7.92. The molecule has 0 bridgehead atoms. The van der Waals surface area contributed by atoms with Gasteiger partial charge in [0.25, 0.3) is 0 Å². The van der Waals surface area contributed by atoms with Gasteiger partial charge in [-0.05, 0) is 19.8 Å².